The Morgan fingerprint density at radius 3 is 2.72 bits per heavy atom. The molecule has 106 valence electrons. The van der Waals surface area contributed by atoms with Crippen LogP contribution in [-0.2, 0) is 4.79 Å². The first-order valence-corrected chi connectivity index (χ1v) is 7.79. The first kappa shape index (κ1) is 15.5. The molecule has 1 heterocycles. The summed E-state index contributed by atoms with van der Waals surface area (Å²) in [6.07, 6.45) is 9.08. The Balaban J connectivity index is 2.24. The molecule has 3 heteroatoms. The highest BCUT2D eigenvalue weighted by Gasteiger charge is 2.15. The van der Waals surface area contributed by atoms with Crippen LogP contribution in [0.2, 0.25) is 0 Å². The maximum absolute atomic E-state index is 11.9. The van der Waals surface area contributed by atoms with Crippen LogP contribution >= 0.6 is 0 Å². The molecule has 0 radical (unpaired) electrons. The van der Waals surface area contributed by atoms with Crippen LogP contribution in [0.1, 0.15) is 65.2 Å². The molecule has 0 bridgehead atoms. The van der Waals surface area contributed by atoms with Gasteiger partial charge < -0.3 is 10.2 Å². The van der Waals surface area contributed by atoms with Gasteiger partial charge in [0.05, 0.1) is 0 Å². The molecule has 1 aliphatic heterocycles. The van der Waals surface area contributed by atoms with Crippen molar-refractivity contribution in [3.8, 4) is 0 Å². The van der Waals surface area contributed by atoms with Crippen LogP contribution in [0.4, 0.5) is 0 Å². The van der Waals surface area contributed by atoms with Gasteiger partial charge in [0, 0.05) is 25.6 Å². The number of nitrogens with one attached hydrogen (secondary N) is 1. The molecule has 0 spiro atoms. The summed E-state index contributed by atoms with van der Waals surface area (Å²) in [6.45, 7) is 7.37. The minimum absolute atomic E-state index is 0.381. The van der Waals surface area contributed by atoms with E-state index in [-0.39, 0.29) is 0 Å². The second-order valence-electron chi connectivity index (χ2n) is 5.35. The fraction of sp³-hybridized carbons (Fsp3) is 0.933. The van der Waals surface area contributed by atoms with Crippen molar-refractivity contribution in [3.63, 3.8) is 0 Å². The molecule has 1 saturated heterocycles. The molecule has 18 heavy (non-hydrogen) atoms. The summed E-state index contributed by atoms with van der Waals surface area (Å²) in [5.41, 5.74) is 0. The number of hydrogen-bond acceptors (Lipinski definition) is 2. The summed E-state index contributed by atoms with van der Waals surface area (Å²) in [6, 6.07) is 0.625. The number of nitrogens with zero attached hydrogens (tertiary/aromatic N) is 1. The highest BCUT2D eigenvalue weighted by Crippen LogP contribution is 2.13. The normalized spacial score (nSPS) is 19.4. The van der Waals surface area contributed by atoms with E-state index >= 15 is 0 Å². The van der Waals surface area contributed by atoms with E-state index in [1.54, 1.807) is 0 Å². The Morgan fingerprint density at radius 1 is 1.22 bits per heavy atom. The van der Waals surface area contributed by atoms with Gasteiger partial charge in [-0.1, -0.05) is 26.7 Å². The molecule has 0 aromatic carbocycles. The summed E-state index contributed by atoms with van der Waals surface area (Å²) >= 11 is 0. The van der Waals surface area contributed by atoms with Crippen LogP contribution in [0.5, 0.6) is 0 Å². The van der Waals surface area contributed by atoms with Crippen molar-refractivity contribution in [3.05, 3.63) is 0 Å². The predicted octanol–water partition coefficient (Wildman–Crippen LogP) is 2.95. The number of amides is 1. The topological polar surface area (TPSA) is 32.3 Å². The first-order chi connectivity index (χ1) is 8.77. The average Bonchev–Trinajstić information content (AvgIpc) is 2.36. The third kappa shape index (κ3) is 5.85. The van der Waals surface area contributed by atoms with Crippen LogP contribution < -0.4 is 5.32 Å². The fourth-order valence-electron chi connectivity index (χ4n) is 2.72. The molecule has 1 aliphatic rings. The molecule has 0 saturated carbocycles. The molecule has 1 atom stereocenters. The largest absolute Gasteiger partial charge is 0.343 e. The Morgan fingerprint density at radius 2 is 2.00 bits per heavy atom. The lowest BCUT2D eigenvalue weighted by atomic mass is 10.1. The summed E-state index contributed by atoms with van der Waals surface area (Å²) in [7, 11) is 0. The maximum atomic E-state index is 11.9. The van der Waals surface area contributed by atoms with Crippen LogP contribution in [0.3, 0.4) is 0 Å². The molecule has 0 aromatic heterocycles. The fourth-order valence-corrected chi connectivity index (χ4v) is 2.72. The quantitative estimate of drug-likeness (QED) is 0.757. The third-order valence-corrected chi connectivity index (χ3v) is 3.89. The predicted molar refractivity (Wildman–Crippen MR) is 76.7 cm³/mol. The van der Waals surface area contributed by atoms with E-state index in [9.17, 15) is 4.79 Å². The van der Waals surface area contributed by atoms with Gasteiger partial charge in [-0.2, -0.15) is 0 Å². The zero-order chi connectivity index (χ0) is 13.2. The molecular weight excluding hydrogens is 224 g/mol. The Kier molecular flexibility index (Phi) is 8.06. The van der Waals surface area contributed by atoms with Crippen LogP contribution in [0.15, 0.2) is 0 Å². The molecule has 1 fully saturated rings. The third-order valence-electron chi connectivity index (χ3n) is 3.89. The van der Waals surface area contributed by atoms with Crippen molar-refractivity contribution in [2.75, 3.05) is 19.6 Å². The average molecular weight is 254 g/mol. The molecule has 1 unspecified atom stereocenters. The van der Waals surface area contributed by atoms with E-state index in [0.717, 1.165) is 38.9 Å². The Hall–Kier alpha value is -0.570. The molecular formula is C15H30N2O. The summed E-state index contributed by atoms with van der Waals surface area (Å²) < 4.78 is 0. The number of likely N-dealkylation sites (tertiary alicyclic amines) is 1. The van der Waals surface area contributed by atoms with Crippen molar-refractivity contribution in [2.45, 2.75) is 71.3 Å². The molecule has 0 aromatic rings. The Bertz CT molecular complexity index is 231. The molecule has 1 amide bonds. The van der Waals surface area contributed by atoms with Crippen molar-refractivity contribution in [2.24, 2.45) is 0 Å². The molecule has 1 rings (SSSR count). The SMILES string of the molecule is CCNC(CC)CCCN1CCCCCCC1=O. The van der Waals surface area contributed by atoms with Crippen LogP contribution in [0.25, 0.3) is 0 Å². The highest BCUT2D eigenvalue weighted by atomic mass is 16.2. The van der Waals surface area contributed by atoms with Gasteiger partial charge in [0.1, 0.15) is 0 Å². The van der Waals surface area contributed by atoms with Crippen molar-refractivity contribution >= 4 is 5.91 Å². The summed E-state index contributed by atoms with van der Waals surface area (Å²) in [5, 5.41) is 3.50. The van der Waals surface area contributed by atoms with Gasteiger partial charge in [-0.15, -0.1) is 0 Å². The minimum atomic E-state index is 0.381. The van der Waals surface area contributed by atoms with Gasteiger partial charge in [0.15, 0.2) is 0 Å². The number of rotatable bonds is 7. The lowest BCUT2D eigenvalue weighted by Crippen LogP contribution is -2.35. The van der Waals surface area contributed by atoms with E-state index in [1.807, 2.05) is 0 Å². The number of hydrogen-bond donors (Lipinski definition) is 1. The van der Waals surface area contributed by atoms with Gasteiger partial charge in [-0.3, -0.25) is 4.79 Å². The minimum Gasteiger partial charge on any atom is -0.343 e. The summed E-state index contributed by atoms with van der Waals surface area (Å²) in [4.78, 5) is 14.0. The highest BCUT2D eigenvalue weighted by molar-refractivity contribution is 5.76. The zero-order valence-electron chi connectivity index (χ0n) is 12.2. The second-order valence-corrected chi connectivity index (χ2v) is 5.35. The van der Waals surface area contributed by atoms with Crippen molar-refractivity contribution in [1.82, 2.24) is 10.2 Å². The molecule has 3 nitrogen and oxygen atoms in total. The van der Waals surface area contributed by atoms with Crippen LogP contribution in [0, 0.1) is 0 Å². The van der Waals surface area contributed by atoms with Gasteiger partial charge in [-0.05, 0) is 38.6 Å². The lowest BCUT2D eigenvalue weighted by molar-refractivity contribution is -0.131. The van der Waals surface area contributed by atoms with E-state index in [1.165, 1.54) is 32.1 Å². The number of carbonyl (C=O) groups excluding carboxylic acids is 1. The van der Waals surface area contributed by atoms with Gasteiger partial charge >= 0.3 is 0 Å². The summed E-state index contributed by atoms with van der Waals surface area (Å²) in [5.74, 6) is 0.381. The first-order valence-electron chi connectivity index (χ1n) is 7.79. The van der Waals surface area contributed by atoms with Crippen molar-refractivity contribution < 1.29 is 4.79 Å². The standard InChI is InChI=1S/C15H30N2O/c1-3-14(16-4-2)10-9-13-17-12-8-6-5-7-11-15(17)18/h14,16H,3-13H2,1-2H3. The van der Waals surface area contributed by atoms with Crippen molar-refractivity contribution in [1.29, 1.82) is 0 Å². The monoisotopic (exact) mass is 254 g/mol. The molecule has 0 aliphatic carbocycles. The smallest absolute Gasteiger partial charge is 0.222 e. The Labute approximate surface area is 112 Å². The van der Waals surface area contributed by atoms with E-state index in [4.69, 9.17) is 0 Å². The van der Waals surface area contributed by atoms with Gasteiger partial charge in [0.25, 0.3) is 0 Å². The van der Waals surface area contributed by atoms with E-state index < -0.39 is 0 Å². The van der Waals surface area contributed by atoms with Crippen LogP contribution in [-0.4, -0.2) is 36.5 Å². The van der Waals surface area contributed by atoms with E-state index in [2.05, 4.69) is 24.1 Å². The van der Waals surface area contributed by atoms with Gasteiger partial charge in [0.2, 0.25) is 5.91 Å². The lowest BCUT2D eigenvalue weighted by Gasteiger charge is -2.25. The molecule has 1 N–H and O–H groups in total. The number of carbonyl (C=O) groups is 1. The second kappa shape index (κ2) is 9.37. The maximum Gasteiger partial charge on any atom is 0.222 e. The van der Waals surface area contributed by atoms with E-state index in [0.29, 0.717) is 11.9 Å². The van der Waals surface area contributed by atoms with Gasteiger partial charge in [-0.25, -0.2) is 0 Å². The zero-order valence-corrected chi connectivity index (χ0v) is 12.2.